The Balaban J connectivity index is 1.48. The Bertz CT molecular complexity index is 1000. The quantitative estimate of drug-likeness (QED) is 0.684. The van der Waals surface area contributed by atoms with Crippen molar-refractivity contribution in [2.45, 2.75) is 44.1 Å². The number of carbonyl (C=O) groups excluding carboxylic acids is 1. The third-order valence-corrected chi connectivity index (χ3v) is 6.61. The molecule has 2 aromatic carbocycles. The second kappa shape index (κ2) is 8.23. The highest BCUT2D eigenvalue weighted by molar-refractivity contribution is 6.41. The number of hydrogen-bond acceptors (Lipinski definition) is 4. The number of halogens is 1. The van der Waals surface area contributed by atoms with E-state index in [4.69, 9.17) is 16.7 Å². The van der Waals surface area contributed by atoms with Crippen molar-refractivity contribution in [3.05, 3.63) is 64.7 Å². The van der Waals surface area contributed by atoms with E-state index in [1.54, 1.807) is 11.2 Å². The molecule has 0 bridgehead atoms. The first-order valence-electron chi connectivity index (χ1n) is 10.7. The van der Waals surface area contributed by atoms with Crippen molar-refractivity contribution in [2.75, 3.05) is 18.1 Å². The lowest BCUT2D eigenvalue weighted by Gasteiger charge is -2.28. The number of aliphatic imine (C=N–C) groups is 1. The monoisotopic (exact) mass is 420 g/mol. The van der Waals surface area contributed by atoms with Gasteiger partial charge in [-0.05, 0) is 48.4 Å². The Kier molecular flexibility index (Phi) is 5.30. The molecule has 6 heteroatoms. The Labute approximate surface area is 182 Å². The Hall–Kier alpha value is -2.66. The number of anilines is 1. The molecule has 5 rings (SSSR count). The smallest absolute Gasteiger partial charge is 0.275 e. The van der Waals surface area contributed by atoms with Crippen LogP contribution >= 0.6 is 11.6 Å². The van der Waals surface area contributed by atoms with Crippen molar-refractivity contribution >= 4 is 35.2 Å². The molecule has 2 aliphatic heterocycles. The van der Waals surface area contributed by atoms with Gasteiger partial charge in [-0.25, -0.2) is 0 Å². The Morgan fingerprint density at radius 1 is 1.03 bits per heavy atom. The van der Waals surface area contributed by atoms with E-state index < -0.39 is 0 Å². The van der Waals surface area contributed by atoms with Gasteiger partial charge in [-0.3, -0.25) is 19.7 Å². The maximum atomic E-state index is 13.1. The average Bonchev–Trinajstić information content (AvgIpc) is 3.18. The minimum Gasteiger partial charge on any atom is -0.298 e. The van der Waals surface area contributed by atoms with Gasteiger partial charge in [-0.2, -0.15) is 5.10 Å². The molecular formula is C24H25ClN4O. The minimum atomic E-state index is -0.0657. The van der Waals surface area contributed by atoms with Gasteiger partial charge < -0.3 is 0 Å². The average molecular weight is 421 g/mol. The van der Waals surface area contributed by atoms with Crippen molar-refractivity contribution in [1.82, 2.24) is 4.90 Å². The van der Waals surface area contributed by atoms with Gasteiger partial charge in [0.25, 0.3) is 5.91 Å². The SMILES string of the molecule is O=C(C1=NN(c2ccc(C3CCC3)cc2Cl)C(c2ccccc2)C1)N1C=NCCC1. The zero-order valence-corrected chi connectivity index (χ0v) is 17.6. The Morgan fingerprint density at radius 2 is 1.87 bits per heavy atom. The van der Waals surface area contributed by atoms with Crippen molar-refractivity contribution in [3.63, 3.8) is 0 Å². The fourth-order valence-electron chi connectivity index (χ4n) is 4.37. The third-order valence-electron chi connectivity index (χ3n) is 6.30. The zero-order chi connectivity index (χ0) is 20.5. The van der Waals surface area contributed by atoms with Crippen LogP contribution in [0, 0.1) is 0 Å². The number of benzene rings is 2. The van der Waals surface area contributed by atoms with Gasteiger partial charge in [0.15, 0.2) is 0 Å². The van der Waals surface area contributed by atoms with Crippen molar-refractivity contribution < 1.29 is 4.79 Å². The van der Waals surface area contributed by atoms with Crippen LogP contribution in [0.1, 0.15) is 55.2 Å². The summed E-state index contributed by atoms with van der Waals surface area (Å²) < 4.78 is 0. The molecule has 0 N–H and O–H groups in total. The molecule has 1 unspecified atom stereocenters. The normalized spacial score (nSPS) is 21.5. The minimum absolute atomic E-state index is 0.0565. The summed E-state index contributed by atoms with van der Waals surface area (Å²) in [5.74, 6) is 0.558. The van der Waals surface area contributed by atoms with Crippen LogP contribution in [-0.4, -0.2) is 35.9 Å². The number of carbonyl (C=O) groups is 1. The number of rotatable bonds is 4. The molecule has 1 aliphatic carbocycles. The molecule has 3 aliphatic rings. The molecule has 0 spiro atoms. The van der Waals surface area contributed by atoms with E-state index in [0.717, 1.165) is 24.2 Å². The van der Waals surface area contributed by atoms with Crippen LogP contribution in [0.3, 0.4) is 0 Å². The van der Waals surface area contributed by atoms with E-state index in [1.807, 2.05) is 23.2 Å². The topological polar surface area (TPSA) is 48.3 Å². The first-order valence-corrected chi connectivity index (χ1v) is 11.1. The van der Waals surface area contributed by atoms with Crippen LogP contribution in [0.2, 0.25) is 5.02 Å². The molecule has 0 aromatic heterocycles. The Morgan fingerprint density at radius 3 is 2.53 bits per heavy atom. The molecule has 30 heavy (non-hydrogen) atoms. The number of hydrazone groups is 1. The van der Waals surface area contributed by atoms with E-state index in [9.17, 15) is 4.79 Å². The molecule has 154 valence electrons. The van der Waals surface area contributed by atoms with Crippen LogP contribution in [0.15, 0.2) is 58.6 Å². The molecular weight excluding hydrogens is 396 g/mol. The second-order valence-electron chi connectivity index (χ2n) is 8.23. The summed E-state index contributed by atoms with van der Waals surface area (Å²) >= 11 is 6.74. The molecule has 0 saturated heterocycles. The van der Waals surface area contributed by atoms with Crippen LogP contribution in [0.5, 0.6) is 0 Å². The second-order valence-corrected chi connectivity index (χ2v) is 8.64. The summed E-state index contributed by atoms with van der Waals surface area (Å²) in [5, 5.41) is 7.39. The fraction of sp³-hybridized carbons (Fsp3) is 0.375. The fourth-order valence-corrected chi connectivity index (χ4v) is 4.64. The van der Waals surface area contributed by atoms with Gasteiger partial charge in [0, 0.05) is 19.5 Å². The first-order chi connectivity index (χ1) is 14.7. The van der Waals surface area contributed by atoms with E-state index in [1.165, 1.54) is 24.8 Å². The van der Waals surface area contributed by atoms with Crippen LogP contribution in [0.4, 0.5) is 5.69 Å². The lowest BCUT2D eigenvalue weighted by atomic mass is 9.80. The molecule has 1 saturated carbocycles. The molecule has 1 amide bonds. The van der Waals surface area contributed by atoms with E-state index in [-0.39, 0.29) is 11.9 Å². The summed E-state index contributed by atoms with van der Waals surface area (Å²) in [5.41, 5.74) is 3.82. The van der Waals surface area contributed by atoms with E-state index in [0.29, 0.717) is 29.6 Å². The van der Waals surface area contributed by atoms with Gasteiger partial charge >= 0.3 is 0 Å². The van der Waals surface area contributed by atoms with Gasteiger partial charge in [0.1, 0.15) is 5.71 Å². The van der Waals surface area contributed by atoms with E-state index >= 15 is 0 Å². The number of amides is 1. The summed E-state index contributed by atoms with van der Waals surface area (Å²) in [6, 6.07) is 16.5. The van der Waals surface area contributed by atoms with Crippen LogP contribution < -0.4 is 5.01 Å². The van der Waals surface area contributed by atoms with Gasteiger partial charge in [0.05, 0.1) is 23.1 Å². The lowest BCUT2D eigenvalue weighted by molar-refractivity contribution is -0.120. The van der Waals surface area contributed by atoms with Crippen molar-refractivity contribution in [2.24, 2.45) is 10.1 Å². The molecule has 1 fully saturated rings. The van der Waals surface area contributed by atoms with Crippen LogP contribution in [0.25, 0.3) is 0 Å². The third kappa shape index (κ3) is 3.63. The van der Waals surface area contributed by atoms with E-state index in [2.05, 4.69) is 35.3 Å². The van der Waals surface area contributed by atoms with Crippen LogP contribution in [-0.2, 0) is 4.79 Å². The van der Waals surface area contributed by atoms with Gasteiger partial charge in [-0.1, -0.05) is 54.4 Å². The molecule has 5 nitrogen and oxygen atoms in total. The predicted molar refractivity (Wildman–Crippen MR) is 121 cm³/mol. The standard InChI is InChI=1S/C24H25ClN4O/c25-20-14-19(17-8-4-9-17)10-11-22(20)29-23(18-6-2-1-3-7-18)15-21(27-29)24(30)28-13-5-12-26-16-28/h1-3,6-7,10-11,14,16-17,23H,4-5,8-9,12-13,15H2. The highest BCUT2D eigenvalue weighted by Gasteiger charge is 2.35. The van der Waals surface area contributed by atoms with Gasteiger partial charge in [-0.15, -0.1) is 0 Å². The lowest BCUT2D eigenvalue weighted by Crippen LogP contribution is -2.38. The summed E-state index contributed by atoms with van der Waals surface area (Å²) in [4.78, 5) is 19.0. The summed E-state index contributed by atoms with van der Waals surface area (Å²) in [7, 11) is 0. The van der Waals surface area contributed by atoms with Crippen molar-refractivity contribution in [1.29, 1.82) is 0 Å². The summed E-state index contributed by atoms with van der Waals surface area (Å²) in [6.07, 6.45) is 6.85. The zero-order valence-electron chi connectivity index (χ0n) is 16.9. The molecule has 2 heterocycles. The van der Waals surface area contributed by atoms with Gasteiger partial charge in [0.2, 0.25) is 0 Å². The first kappa shape index (κ1) is 19.3. The number of nitrogens with zero attached hydrogens (tertiary/aromatic N) is 4. The highest BCUT2D eigenvalue weighted by Crippen LogP contribution is 2.42. The maximum Gasteiger partial charge on any atom is 0.275 e. The summed E-state index contributed by atoms with van der Waals surface area (Å²) in [6.45, 7) is 1.46. The highest BCUT2D eigenvalue weighted by atomic mass is 35.5. The predicted octanol–water partition coefficient (Wildman–Crippen LogP) is 5.18. The maximum absolute atomic E-state index is 13.1. The molecule has 1 atom stereocenters. The molecule has 0 radical (unpaired) electrons. The largest absolute Gasteiger partial charge is 0.298 e. The number of hydrogen-bond donors (Lipinski definition) is 0. The molecule has 2 aromatic rings. The van der Waals surface area contributed by atoms with Crippen molar-refractivity contribution in [3.8, 4) is 0 Å².